The van der Waals surface area contributed by atoms with E-state index in [-0.39, 0.29) is 11.3 Å². The Labute approximate surface area is 151 Å². The Kier molecular flexibility index (Phi) is 4.37. The molecular weight excluding hydrogens is 336 g/mol. The second-order valence-corrected chi connectivity index (χ2v) is 8.55. The van der Waals surface area contributed by atoms with E-state index in [0.717, 1.165) is 49.0 Å². The Morgan fingerprint density at radius 3 is 3.00 bits per heavy atom. The van der Waals surface area contributed by atoms with Gasteiger partial charge < -0.3 is 15.8 Å². The van der Waals surface area contributed by atoms with Gasteiger partial charge in [-0.2, -0.15) is 0 Å². The van der Waals surface area contributed by atoms with Crippen LogP contribution in [0.15, 0.2) is 6.33 Å². The molecule has 1 amide bonds. The lowest BCUT2D eigenvalue weighted by atomic mass is 9.80. The van der Waals surface area contributed by atoms with Gasteiger partial charge in [-0.05, 0) is 50.3 Å². The van der Waals surface area contributed by atoms with Gasteiger partial charge in [0.25, 0.3) is 0 Å². The standard InChI is InChI=1S/C18H24N4O2S/c1-18(8-13(19)23)5-2-12-15(18)14-16(21-10-22-17(14)25-12)24-9-11-3-6-20-7-4-11/h10-11,20H,2-9H2,1H3,(H2,19,23). The predicted molar refractivity (Wildman–Crippen MR) is 98.0 cm³/mol. The number of rotatable bonds is 5. The Bertz CT molecular complexity index is 800. The van der Waals surface area contributed by atoms with E-state index in [0.29, 0.717) is 24.8 Å². The summed E-state index contributed by atoms with van der Waals surface area (Å²) >= 11 is 1.70. The second kappa shape index (κ2) is 6.53. The number of amides is 1. The Morgan fingerprint density at radius 1 is 1.44 bits per heavy atom. The van der Waals surface area contributed by atoms with Crippen molar-refractivity contribution in [2.75, 3.05) is 19.7 Å². The van der Waals surface area contributed by atoms with Crippen LogP contribution in [0.4, 0.5) is 0 Å². The number of carbonyl (C=O) groups excluding carboxylic acids is 1. The summed E-state index contributed by atoms with van der Waals surface area (Å²) in [6.07, 6.45) is 6.11. The molecule has 0 spiro atoms. The average Bonchev–Trinajstić information content (AvgIpc) is 3.11. The number of thiophene rings is 1. The fourth-order valence-electron chi connectivity index (χ4n) is 4.20. The first-order valence-corrected chi connectivity index (χ1v) is 9.77. The van der Waals surface area contributed by atoms with Crippen LogP contribution in [0.3, 0.4) is 0 Å². The summed E-state index contributed by atoms with van der Waals surface area (Å²) < 4.78 is 6.15. The summed E-state index contributed by atoms with van der Waals surface area (Å²) in [5.74, 6) is 0.970. The summed E-state index contributed by atoms with van der Waals surface area (Å²) in [4.78, 5) is 22.7. The van der Waals surface area contributed by atoms with E-state index in [4.69, 9.17) is 10.5 Å². The number of hydrogen-bond donors (Lipinski definition) is 2. The van der Waals surface area contributed by atoms with E-state index in [9.17, 15) is 4.79 Å². The molecule has 1 aliphatic heterocycles. The third kappa shape index (κ3) is 3.11. The first-order valence-electron chi connectivity index (χ1n) is 8.95. The van der Waals surface area contributed by atoms with Crippen molar-refractivity contribution in [2.24, 2.45) is 11.7 Å². The monoisotopic (exact) mass is 360 g/mol. The number of nitrogens with zero attached hydrogens (tertiary/aromatic N) is 2. The topological polar surface area (TPSA) is 90.1 Å². The lowest BCUT2D eigenvalue weighted by Gasteiger charge is -2.25. The predicted octanol–water partition coefficient (Wildman–Crippen LogP) is 2.15. The summed E-state index contributed by atoms with van der Waals surface area (Å²) in [7, 11) is 0. The van der Waals surface area contributed by atoms with Crippen LogP contribution in [0.2, 0.25) is 0 Å². The van der Waals surface area contributed by atoms with Crippen LogP contribution in [0.25, 0.3) is 10.2 Å². The van der Waals surface area contributed by atoms with Crippen LogP contribution in [0.5, 0.6) is 5.88 Å². The molecule has 0 aromatic carbocycles. The Morgan fingerprint density at radius 2 is 2.24 bits per heavy atom. The zero-order chi connectivity index (χ0) is 17.4. The number of nitrogens with two attached hydrogens (primary N) is 1. The molecule has 25 heavy (non-hydrogen) atoms. The average molecular weight is 360 g/mol. The molecule has 3 heterocycles. The first kappa shape index (κ1) is 16.7. The van der Waals surface area contributed by atoms with Gasteiger partial charge in [0.2, 0.25) is 11.8 Å². The highest BCUT2D eigenvalue weighted by atomic mass is 32.1. The molecule has 2 aromatic rings. The van der Waals surface area contributed by atoms with Gasteiger partial charge in [-0.1, -0.05) is 6.92 Å². The minimum absolute atomic E-state index is 0.239. The quantitative estimate of drug-likeness (QED) is 0.853. The van der Waals surface area contributed by atoms with Crippen LogP contribution < -0.4 is 15.8 Å². The van der Waals surface area contributed by atoms with Crippen LogP contribution in [-0.4, -0.2) is 35.6 Å². The molecule has 1 fully saturated rings. The van der Waals surface area contributed by atoms with E-state index in [2.05, 4.69) is 22.2 Å². The molecule has 6 nitrogen and oxygen atoms in total. The molecule has 2 aromatic heterocycles. The highest BCUT2D eigenvalue weighted by Gasteiger charge is 2.40. The third-order valence-corrected chi connectivity index (χ3v) is 6.67. The molecule has 1 atom stereocenters. The zero-order valence-electron chi connectivity index (χ0n) is 14.5. The van der Waals surface area contributed by atoms with Crippen LogP contribution in [0.1, 0.15) is 43.0 Å². The molecule has 4 rings (SSSR count). The van der Waals surface area contributed by atoms with E-state index < -0.39 is 0 Å². The lowest BCUT2D eigenvalue weighted by Crippen LogP contribution is -2.30. The second-order valence-electron chi connectivity index (χ2n) is 7.47. The summed E-state index contributed by atoms with van der Waals surface area (Å²) in [5, 5.41) is 4.38. The van der Waals surface area contributed by atoms with Gasteiger partial charge in [-0.3, -0.25) is 4.79 Å². The molecule has 1 saturated heterocycles. The lowest BCUT2D eigenvalue weighted by molar-refractivity contribution is -0.119. The van der Waals surface area contributed by atoms with Crippen LogP contribution in [0, 0.1) is 5.92 Å². The smallest absolute Gasteiger partial charge is 0.225 e. The molecule has 0 bridgehead atoms. The van der Waals surface area contributed by atoms with Gasteiger partial charge in [0.15, 0.2) is 0 Å². The van der Waals surface area contributed by atoms with Gasteiger partial charge in [-0.25, -0.2) is 9.97 Å². The highest BCUT2D eigenvalue weighted by Crippen LogP contribution is 2.50. The first-order chi connectivity index (χ1) is 12.1. The highest BCUT2D eigenvalue weighted by molar-refractivity contribution is 7.19. The maximum atomic E-state index is 11.6. The molecule has 0 saturated carbocycles. The SMILES string of the molecule is CC1(CC(N)=O)CCc2sc3ncnc(OCC4CCNCC4)c3c21. The molecule has 1 unspecified atom stereocenters. The van der Waals surface area contributed by atoms with Gasteiger partial charge in [0, 0.05) is 16.7 Å². The number of aromatic nitrogens is 2. The van der Waals surface area contributed by atoms with Gasteiger partial charge in [-0.15, -0.1) is 11.3 Å². The normalized spacial score (nSPS) is 23.7. The van der Waals surface area contributed by atoms with Crippen LogP contribution >= 0.6 is 11.3 Å². The number of fused-ring (bicyclic) bond motifs is 3. The van der Waals surface area contributed by atoms with Gasteiger partial charge >= 0.3 is 0 Å². The number of hydrogen-bond acceptors (Lipinski definition) is 6. The van der Waals surface area contributed by atoms with Crippen molar-refractivity contribution in [3.8, 4) is 5.88 Å². The molecule has 7 heteroatoms. The number of primary amides is 1. The van der Waals surface area contributed by atoms with Crippen molar-refractivity contribution >= 4 is 27.5 Å². The minimum Gasteiger partial charge on any atom is -0.477 e. The number of piperidine rings is 1. The van der Waals surface area contributed by atoms with Gasteiger partial charge in [0.1, 0.15) is 11.2 Å². The number of carbonyl (C=O) groups is 1. The van der Waals surface area contributed by atoms with E-state index in [1.165, 1.54) is 10.4 Å². The van der Waals surface area contributed by atoms with Gasteiger partial charge in [0.05, 0.1) is 12.0 Å². The maximum absolute atomic E-state index is 11.6. The number of aryl methyl sites for hydroxylation is 1. The molecule has 3 N–H and O–H groups in total. The molecule has 2 aliphatic rings. The van der Waals surface area contributed by atoms with Crippen molar-refractivity contribution in [3.63, 3.8) is 0 Å². The van der Waals surface area contributed by atoms with Crippen LogP contribution in [-0.2, 0) is 16.6 Å². The van der Waals surface area contributed by atoms with Crippen molar-refractivity contribution < 1.29 is 9.53 Å². The number of ether oxygens (including phenoxy) is 1. The molecule has 134 valence electrons. The summed E-state index contributed by atoms with van der Waals surface area (Å²) in [6, 6.07) is 0. The largest absolute Gasteiger partial charge is 0.477 e. The van der Waals surface area contributed by atoms with E-state index in [1.807, 2.05) is 0 Å². The summed E-state index contributed by atoms with van der Waals surface area (Å²) in [5.41, 5.74) is 6.47. The third-order valence-electron chi connectivity index (χ3n) is 5.51. The maximum Gasteiger partial charge on any atom is 0.225 e. The molecule has 1 aliphatic carbocycles. The van der Waals surface area contributed by atoms with E-state index in [1.54, 1.807) is 17.7 Å². The molecular formula is C18H24N4O2S. The van der Waals surface area contributed by atoms with Crippen molar-refractivity contribution in [1.29, 1.82) is 0 Å². The van der Waals surface area contributed by atoms with Crippen molar-refractivity contribution in [2.45, 2.75) is 44.4 Å². The van der Waals surface area contributed by atoms with Crippen molar-refractivity contribution in [1.82, 2.24) is 15.3 Å². The minimum atomic E-state index is -0.260. The Balaban J connectivity index is 1.67. The fraction of sp³-hybridized carbons (Fsp3) is 0.611. The van der Waals surface area contributed by atoms with E-state index >= 15 is 0 Å². The Hall–Kier alpha value is -1.73. The van der Waals surface area contributed by atoms with Crippen molar-refractivity contribution in [3.05, 3.63) is 16.8 Å². The summed E-state index contributed by atoms with van der Waals surface area (Å²) in [6.45, 7) is 4.92. The fourth-order valence-corrected chi connectivity index (χ4v) is 5.48. The number of nitrogens with one attached hydrogen (secondary N) is 1. The zero-order valence-corrected chi connectivity index (χ0v) is 15.3. The molecule has 0 radical (unpaired) electrons.